The van der Waals surface area contributed by atoms with Crippen LogP contribution in [-0.4, -0.2) is 25.8 Å². The third-order valence-corrected chi connectivity index (χ3v) is 4.73. The predicted octanol–water partition coefficient (Wildman–Crippen LogP) is 4.81. The van der Waals surface area contributed by atoms with E-state index in [2.05, 4.69) is 25.3 Å². The Labute approximate surface area is 179 Å². The highest BCUT2D eigenvalue weighted by atomic mass is 19.1. The lowest BCUT2D eigenvalue weighted by atomic mass is 10.0. The van der Waals surface area contributed by atoms with Crippen molar-refractivity contribution in [2.45, 2.75) is 19.5 Å². The van der Waals surface area contributed by atoms with Crippen LogP contribution in [0.1, 0.15) is 24.4 Å². The number of alkyl halides is 1. The van der Waals surface area contributed by atoms with Crippen molar-refractivity contribution in [1.82, 2.24) is 19.9 Å². The highest BCUT2D eigenvalue weighted by Crippen LogP contribution is 2.23. The minimum absolute atomic E-state index is 0.162. The number of carbonyl (C=O) groups is 1. The molecule has 0 aliphatic rings. The van der Waals surface area contributed by atoms with E-state index in [9.17, 15) is 9.18 Å². The van der Waals surface area contributed by atoms with Crippen molar-refractivity contribution in [3.05, 3.63) is 90.8 Å². The van der Waals surface area contributed by atoms with Gasteiger partial charge in [-0.25, -0.2) is 9.37 Å². The van der Waals surface area contributed by atoms with E-state index >= 15 is 0 Å². The molecule has 0 radical (unpaired) electrons. The molecular weight excluding hydrogens is 393 g/mol. The third kappa shape index (κ3) is 5.14. The lowest BCUT2D eigenvalue weighted by Crippen LogP contribution is -2.15. The minimum Gasteiger partial charge on any atom is -0.310 e. The van der Waals surface area contributed by atoms with Gasteiger partial charge in [-0.15, -0.1) is 0 Å². The summed E-state index contributed by atoms with van der Waals surface area (Å²) in [4.78, 5) is 29.0. The molecule has 1 aromatic carbocycles. The largest absolute Gasteiger partial charge is 0.310 e. The SMILES string of the molecule is CC(F)c1cc(-c2ccc(CC(=O)Nc3ccc(-c4cnccn4)cn3)cc2)ccn1. The highest BCUT2D eigenvalue weighted by Gasteiger charge is 2.09. The average molecular weight is 413 g/mol. The number of carbonyl (C=O) groups excluding carboxylic acids is 1. The maximum Gasteiger partial charge on any atom is 0.229 e. The molecule has 0 aliphatic carbocycles. The molecule has 6 nitrogen and oxygen atoms in total. The standard InChI is InChI=1S/C24H20FN5O/c1-16(25)21-13-19(8-9-27-21)18-4-2-17(3-5-18)12-24(31)30-23-7-6-20(14-29-23)22-15-26-10-11-28-22/h2-11,13-16H,12H2,1H3,(H,29,30,31). The van der Waals surface area contributed by atoms with Gasteiger partial charge in [0.1, 0.15) is 12.0 Å². The molecule has 0 saturated carbocycles. The van der Waals surface area contributed by atoms with Gasteiger partial charge in [-0.3, -0.25) is 19.7 Å². The second kappa shape index (κ2) is 9.21. The fraction of sp³-hybridized carbons (Fsp3) is 0.125. The number of pyridine rings is 2. The number of hydrogen-bond donors (Lipinski definition) is 1. The van der Waals surface area contributed by atoms with Crippen LogP contribution in [0.3, 0.4) is 0 Å². The Hall–Kier alpha value is -4.00. The number of aromatic nitrogens is 4. The molecular formula is C24H20FN5O. The molecule has 3 heterocycles. The van der Waals surface area contributed by atoms with E-state index in [-0.39, 0.29) is 12.3 Å². The summed E-state index contributed by atoms with van der Waals surface area (Å²) in [6, 6.07) is 14.8. The molecule has 1 N–H and O–H groups in total. The van der Waals surface area contributed by atoms with E-state index in [1.54, 1.807) is 43.1 Å². The number of anilines is 1. The number of amides is 1. The van der Waals surface area contributed by atoms with Crippen LogP contribution >= 0.6 is 0 Å². The molecule has 154 valence electrons. The lowest BCUT2D eigenvalue weighted by Gasteiger charge is -2.08. The zero-order chi connectivity index (χ0) is 21.6. The molecule has 0 saturated heterocycles. The summed E-state index contributed by atoms with van der Waals surface area (Å²) in [5.74, 6) is 0.309. The van der Waals surface area contributed by atoms with E-state index in [0.717, 1.165) is 27.9 Å². The molecule has 1 atom stereocenters. The number of benzene rings is 1. The van der Waals surface area contributed by atoms with Gasteiger partial charge in [0.2, 0.25) is 5.91 Å². The Balaban J connectivity index is 1.38. The van der Waals surface area contributed by atoms with Gasteiger partial charge in [-0.1, -0.05) is 24.3 Å². The number of nitrogens with one attached hydrogen (secondary N) is 1. The Morgan fingerprint density at radius 2 is 1.71 bits per heavy atom. The minimum atomic E-state index is -1.12. The van der Waals surface area contributed by atoms with Crippen LogP contribution in [0.25, 0.3) is 22.4 Å². The quantitative estimate of drug-likeness (QED) is 0.491. The van der Waals surface area contributed by atoms with Crippen molar-refractivity contribution < 1.29 is 9.18 Å². The summed E-state index contributed by atoms with van der Waals surface area (Å²) in [5, 5.41) is 2.80. The first-order valence-corrected chi connectivity index (χ1v) is 9.80. The molecule has 3 aromatic heterocycles. The zero-order valence-electron chi connectivity index (χ0n) is 16.9. The van der Waals surface area contributed by atoms with Crippen LogP contribution in [-0.2, 0) is 11.2 Å². The Morgan fingerprint density at radius 1 is 0.903 bits per heavy atom. The van der Waals surface area contributed by atoms with Gasteiger partial charge in [0, 0.05) is 30.4 Å². The molecule has 0 spiro atoms. The first kappa shape index (κ1) is 20.3. The van der Waals surface area contributed by atoms with E-state index in [1.165, 1.54) is 6.92 Å². The van der Waals surface area contributed by atoms with E-state index in [1.807, 2.05) is 36.4 Å². The van der Waals surface area contributed by atoms with Gasteiger partial charge >= 0.3 is 0 Å². The van der Waals surface area contributed by atoms with Gasteiger partial charge in [0.05, 0.1) is 24.0 Å². The second-order valence-corrected chi connectivity index (χ2v) is 7.03. The highest BCUT2D eigenvalue weighted by molar-refractivity contribution is 5.91. The van der Waals surface area contributed by atoms with E-state index < -0.39 is 6.17 Å². The molecule has 0 fully saturated rings. The second-order valence-electron chi connectivity index (χ2n) is 7.03. The maximum absolute atomic E-state index is 13.5. The summed E-state index contributed by atoms with van der Waals surface area (Å²) >= 11 is 0. The van der Waals surface area contributed by atoms with Gasteiger partial charge in [-0.05, 0) is 47.9 Å². The molecule has 4 rings (SSSR count). The molecule has 7 heteroatoms. The van der Waals surface area contributed by atoms with Crippen molar-refractivity contribution in [2.75, 3.05) is 5.32 Å². The molecule has 31 heavy (non-hydrogen) atoms. The van der Waals surface area contributed by atoms with Gasteiger partial charge in [0.15, 0.2) is 0 Å². The fourth-order valence-electron chi connectivity index (χ4n) is 3.10. The van der Waals surface area contributed by atoms with Gasteiger partial charge in [0.25, 0.3) is 0 Å². The van der Waals surface area contributed by atoms with Crippen LogP contribution in [0, 0.1) is 0 Å². The fourth-order valence-corrected chi connectivity index (χ4v) is 3.10. The average Bonchev–Trinajstić information content (AvgIpc) is 2.81. The summed E-state index contributed by atoms with van der Waals surface area (Å²) in [7, 11) is 0. The Bertz CT molecular complexity index is 1160. The van der Waals surface area contributed by atoms with Gasteiger partial charge < -0.3 is 5.32 Å². The monoisotopic (exact) mass is 413 g/mol. The topological polar surface area (TPSA) is 80.7 Å². The molecule has 0 bridgehead atoms. The maximum atomic E-state index is 13.5. The van der Waals surface area contributed by atoms with Crippen molar-refractivity contribution in [3.63, 3.8) is 0 Å². The normalized spacial score (nSPS) is 11.7. The van der Waals surface area contributed by atoms with E-state index in [0.29, 0.717) is 11.5 Å². The number of nitrogens with zero attached hydrogens (tertiary/aromatic N) is 4. The zero-order valence-corrected chi connectivity index (χ0v) is 16.9. The summed E-state index contributed by atoms with van der Waals surface area (Å²) < 4.78 is 13.5. The van der Waals surface area contributed by atoms with Gasteiger partial charge in [-0.2, -0.15) is 0 Å². The first-order chi connectivity index (χ1) is 15.1. The summed E-state index contributed by atoms with van der Waals surface area (Å²) in [5.41, 5.74) is 4.63. The van der Waals surface area contributed by atoms with Crippen LogP contribution in [0.2, 0.25) is 0 Å². The van der Waals surface area contributed by atoms with Crippen molar-refractivity contribution >= 4 is 11.7 Å². The van der Waals surface area contributed by atoms with Crippen LogP contribution < -0.4 is 5.32 Å². The molecule has 4 aromatic rings. The lowest BCUT2D eigenvalue weighted by molar-refractivity contribution is -0.115. The first-order valence-electron chi connectivity index (χ1n) is 9.80. The van der Waals surface area contributed by atoms with Crippen LogP contribution in [0.5, 0.6) is 0 Å². The Morgan fingerprint density at radius 3 is 2.39 bits per heavy atom. The number of rotatable bonds is 6. The van der Waals surface area contributed by atoms with Crippen molar-refractivity contribution in [2.24, 2.45) is 0 Å². The smallest absolute Gasteiger partial charge is 0.229 e. The van der Waals surface area contributed by atoms with E-state index in [4.69, 9.17) is 0 Å². The van der Waals surface area contributed by atoms with Crippen molar-refractivity contribution in [3.8, 4) is 22.4 Å². The number of halogens is 1. The summed E-state index contributed by atoms with van der Waals surface area (Å²) in [6.45, 7) is 1.46. The number of hydrogen-bond acceptors (Lipinski definition) is 5. The van der Waals surface area contributed by atoms with Crippen molar-refractivity contribution in [1.29, 1.82) is 0 Å². The van der Waals surface area contributed by atoms with Crippen LogP contribution in [0.4, 0.5) is 10.2 Å². The Kier molecular flexibility index (Phi) is 6.03. The molecule has 1 unspecified atom stereocenters. The summed E-state index contributed by atoms with van der Waals surface area (Å²) in [6.07, 6.45) is 7.23. The molecule has 1 amide bonds. The molecule has 0 aliphatic heterocycles. The predicted molar refractivity (Wildman–Crippen MR) is 117 cm³/mol. The third-order valence-electron chi connectivity index (χ3n) is 4.73. The van der Waals surface area contributed by atoms with Crippen LogP contribution in [0.15, 0.2) is 79.5 Å².